The third-order valence-electron chi connectivity index (χ3n) is 8.46. The summed E-state index contributed by atoms with van der Waals surface area (Å²) in [6.07, 6.45) is 12.6. The van der Waals surface area contributed by atoms with Crippen molar-refractivity contribution in [1.29, 1.82) is 0 Å². The number of rotatable bonds is 4. The zero-order valence-corrected chi connectivity index (χ0v) is 26.5. The molecule has 0 spiro atoms. The number of benzene rings is 1. The van der Waals surface area contributed by atoms with E-state index in [9.17, 15) is 0 Å². The Morgan fingerprint density at radius 3 is 2.55 bits per heavy atom. The Hall–Kier alpha value is -3.91. The van der Waals surface area contributed by atoms with Crippen molar-refractivity contribution >= 4 is 21.9 Å². The van der Waals surface area contributed by atoms with Crippen LogP contribution < -0.4 is 0 Å². The van der Waals surface area contributed by atoms with E-state index in [1.807, 2.05) is 46.0 Å². The van der Waals surface area contributed by atoms with Gasteiger partial charge in [-0.1, -0.05) is 84.2 Å². The lowest BCUT2D eigenvalue weighted by atomic mass is 9.76. The van der Waals surface area contributed by atoms with Crippen LogP contribution in [0.2, 0.25) is 0 Å². The number of hydrogen-bond donors (Lipinski definition) is 0. The number of nitrogens with zero attached hydrogens (tertiary/aromatic N) is 5. The van der Waals surface area contributed by atoms with Crippen LogP contribution >= 0.6 is 0 Å². The van der Waals surface area contributed by atoms with E-state index in [0.29, 0.717) is 0 Å². The maximum atomic E-state index is 4.86. The van der Waals surface area contributed by atoms with Gasteiger partial charge in [-0.05, 0) is 57.2 Å². The molecule has 1 atom stereocenters. The summed E-state index contributed by atoms with van der Waals surface area (Å²) in [4.78, 5) is 16.6. The second-order valence-corrected chi connectivity index (χ2v) is 11.1. The molecule has 1 aliphatic heterocycles. The maximum Gasteiger partial charge on any atom is 0.145 e. The number of aryl methyl sites for hydroxylation is 1. The van der Waals surface area contributed by atoms with E-state index >= 15 is 0 Å². The minimum absolute atomic E-state index is 0. The van der Waals surface area contributed by atoms with Crippen LogP contribution in [0.4, 0.5) is 0 Å². The molecule has 4 heterocycles. The molecule has 0 radical (unpaired) electrons. The highest BCUT2D eigenvalue weighted by Gasteiger charge is 2.31. The predicted molar refractivity (Wildman–Crippen MR) is 180 cm³/mol. The van der Waals surface area contributed by atoms with Gasteiger partial charge < -0.3 is 9.47 Å². The lowest BCUT2D eigenvalue weighted by molar-refractivity contribution is 0.299. The summed E-state index contributed by atoms with van der Waals surface area (Å²) in [5, 5.41) is 2.19. The standard InChI is InChI=1S/C33H35N5.2C2H6.H2/c1-5-23(2)37-18-14-27(21-37)38-29(13-17-33(4)15-9-6-10-16-33)31(30-24(3)35-22-36-32(30)38)26-19-25-11-7-8-12-28(25)34-20-26;2*1-2;/h5,7-8,11-12,19-20,22,27H,1-2,6,9-10,14-16,18,21H2,3-4H3;2*1-2H3;1H/t27-;;;/m1.../s1. The summed E-state index contributed by atoms with van der Waals surface area (Å²) in [5.74, 6) is 7.51. The molecule has 0 amide bonds. The van der Waals surface area contributed by atoms with E-state index in [0.717, 1.165) is 82.5 Å². The SMILES string of the molecule is C=CC(=C)N1CC[C@@H](n2c(C#CC3(C)CCCCC3)c(-c3cnc4ccccc4c3)c3c(C)ncnc32)C1.CC.CC.[HH]. The fraction of sp³-hybridized carbons (Fsp3) is 0.432. The van der Waals surface area contributed by atoms with Crippen molar-refractivity contribution in [3.63, 3.8) is 0 Å². The molecule has 1 saturated heterocycles. The molecule has 1 aromatic carbocycles. The molecule has 3 aromatic heterocycles. The van der Waals surface area contributed by atoms with Gasteiger partial charge in [-0.3, -0.25) is 4.98 Å². The normalized spacial score (nSPS) is 17.4. The Morgan fingerprint density at radius 2 is 1.81 bits per heavy atom. The van der Waals surface area contributed by atoms with Gasteiger partial charge >= 0.3 is 0 Å². The quantitative estimate of drug-likeness (QED) is 0.183. The zero-order valence-electron chi connectivity index (χ0n) is 26.5. The third kappa shape index (κ3) is 6.14. The number of aromatic nitrogens is 4. The van der Waals surface area contributed by atoms with Crippen LogP contribution in [0.3, 0.4) is 0 Å². The van der Waals surface area contributed by atoms with Crippen LogP contribution in [0.5, 0.6) is 0 Å². The highest BCUT2D eigenvalue weighted by Crippen LogP contribution is 2.41. The average Bonchev–Trinajstić information content (AvgIpc) is 3.65. The van der Waals surface area contributed by atoms with Crippen LogP contribution in [0.15, 0.2) is 67.8 Å². The van der Waals surface area contributed by atoms with Crippen LogP contribution in [0.25, 0.3) is 33.1 Å². The predicted octanol–water partition coefficient (Wildman–Crippen LogP) is 9.52. The first kappa shape index (κ1) is 31.0. The molecule has 5 heteroatoms. The number of allylic oxidation sites excluding steroid dienone is 1. The molecule has 6 rings (SSSR count). The molecule has 0 N–H and O–H groups in total. The molecule has 1 aliphatic carbocycles. The van der Waals surface area contributed by atoms with Crippen LogP contribution in [0.1, 0.15) is 92.0 Å². The first-order valence-corrected chi connectivity index (χ1v) is 15.8. The Labute approximate surface area is 254 Å². The molecule has 0 bridgehead atoms. The van der Waals surface area contributed by atoms with Crippen LogP contribution in [-0.4, -0.2) is 37.5 Å². The molecule has 42 heavy (non-hydrogen) atoms. The molecular formula is C37H49N5. The van der Waals surface area contributed by atoms with Crippen molar-refractivity contribution in [2.24, 2.45) is 5.41 Å². The van der Waals surface area contributed by atoms with Gasteiger partial charge in [0.2, 0.25) is 0 Å². The van der Waals surface area contributed by atoms with E-state index in [1.54, 1.807) is 6.33 Å². The van der Waals surface area contributed by atoms with E-state index in [-0.39, 0.29) is 12.9 Å². The topological polar surface area (TPSA) is 46.8 Å². The number of likely N-dealkylation sites (tertiary alicyclic amines) is 1. The van der Waals surface area contributed by atoms with E-state index in [2.05, 4.69) is 77.6 Å². The molecular weight excluding hydrogens is 514 g/mol. The van der Waals surface area contributed by atoms with Crippen molar-refractivity contribution in [2.75, 3.05) is 13.1 Å². The van der Waals surface area contributed by atoms with E-state index < -0.39 is 0 Å². The summed E-state index contributed by atoms with van der Waals surface area (Å²) in [7, 11) is 0. The zero-order chi connectivity index (χ0) is 30.3. The monoisotopic (exact) mass is 563 g/mol. The van der Waals surface area contributed by atoms with Gasteiger partial charge in [0.05, 0.1) is 17.3 Å². The summed E-state index contributed by atoms with van der Waals surface area (Å²) in [5.41, 5.74) is 7.12. The Balaban J connectivity index is 0.000000973. The Kier molecular flexibility index (Phi) is 10.2. The minimum atomic E-state index is 0. The lowest BCUT2D eigenvalue weighted by Gasteiger charge is -2.28. The Bertz CT molecular complexity index is 1620. The molecule has 0 unspecified atom stereocenters. The van der Waals surface area contributed by atoms with Gasteiger partial charge in [-0.15, -0.1) is 0 Å². The van der Waals surface area contributed by atoms with Gasteiger partial charge in [-0.2, -0.15) is 0 Å². The van der Waals surface area contributed by atoms with E-state index in [4.69, 9.17) is 9.97 Å². The number of pyridine rings is 1. The van der Waals surface area contributed by atoms with Gasteiger partial charge in [0.1, 0.15) is 17.7 Å². The fourth-order valence-corrected chi connectivity index (χ4v) is 6.26. The number of para-hydroxylation sites is 1. The van der Waals surface area contributed by atoms with Crippen molar-refractivity contribution in [1.82, 2.24) is 24.4 Å². The molecule has 2 aliphatic rings. The average molecular weight is 564 g/mol. The first-order chi connectivity index (χ1) is 20.5. The summed E-state index contributed by atoms with van der Waals surface area (Å²) in [6.45, 7) is 22.4. The van der Waals surface area contributed by atoms with Crippen molar-refractivity contribution in [3.05, 3.63) is 79.2 Å². The third-order valence-corrected chi connectivity index (χ3v) is 8.46. The minimum Gasteiger partial charge on any atom is -0.370 e. The first-order valence-electron chi connectivity index (χ1n) is 15.8. The molecule has 4 aromatic rings. The second kappa shape index (κ2) is 13.8. The second-order valence-electron chi connectivity index (χ2n) is 11.1. The van der Waals surface area contributed by atoms with E-state index in [1.165, 1.54) is 19.3 Å². The molecule has 222 valence electrons. The van der Waals surface area contributed by atoms with Gasteiger partial charge in [0.25, 0.3) is 0 Å². The smallest absolute Gasteiger partial charge is 0.145 e. The highest BCUT2D eigenvalue weighted by atomic mass is 15.2. The Morgan fingerprint density at radius 1 is 1.07 bits per heavy atom. The van der Waals surface area contributed by atoms with Crippen LogP contribution in [-0.2, 0) is 0 Å². The lowest BCUT2D eigenvalue weighted by Crippen LogP contribution is -2.20. The van der Waals surface area contributed by atoms with Crippen LogP contribution in [0, 0.1) is 24.2 Å². The fourth-order valence-electron chi connectivity index (χ4n) is 6.26. The summed E-state index contributed by atoms with van der Waals surface area (Å²) in [6, 6.07) is 10.7. The van der Waals surface area contributed by atoms with Gasteiger partial charge in [0, 0.05) is 53.7 Å². The molecule has 5 nitrogen and oxygen atoms in total. The van der Waals surface area contributed by atoms with Crippen molar-refractivity contribution in [3.8, 4) is 23.0 Å². The summed E-state index contributed by atoms with van der Waals surface area (Å²) >= 11 is 0. The van der Waals surface area contributed by atoms with Gasteiger partial charge in [-0.25, -0.2) is 9.97 Å². The van der Waals surface area contributed by atoms with Crippen molar-refractivity contribution in [2.45, 2.75) is 86.1 Å². The highest BCUT2D eigenvalue weighted by molar-refractivity contribution is 6.00. The number of hydrogen-bond acceptors (Lipinski definition) is 4. The van der Waals surface area contributed by atoms with Gasteiger partial charge in [0.15, 0.2) is 0 Å². The largest absolute Gasteiger partial charge is 0.370 e. The molecule has 2 fully saturated rings. The number of fused-ring (bicyclic) bond motifs is 2. The van der Waals surface area contributed by atoms with Crippen molar-refractivity contribution < 1.29 is 1.43 Å². The molecule has 1 saturated carbocycles. The maximum absolute atomic E-state index is 4.86. The summed E-state index contributed by atoms with van der Waals surface area (Å²) < 4.78 is 2.39.